The maximum absolute atomic E-state index is 10.9. The molecule has 0 saturated heterocycles. The lowest BCUT2D eigenvalue weighted by atomic mass is 9.87. The van der Waals surface area contributed by atoms with Gasteiger partial charge in [0.1, 0.15) is 11.5 Å². The number of aryl methyl sites for hydroxylation is 2. The summed E-state index contributed by atoms with van der Waals surface area (Å²) >= 11 is 0. The highest BCUT2D eigenvalue weighted by Gasteiger charge is 2.33. The van der Waals surface area contributed by atoms with E-state index in [1.165, 1.54) is 0 Å². The summed E-state index contributed by atoms with van der Waals surface area (Å²) < 4.78 is 11.2. The van der Waals surface area contributed by atoms with Crippen molar-refractivity contribution in [3.63, 3.8) is 0 Å². The quantitative estimate of drug-likeness (QED) is 0.937. The highest BCUT2D eigenvalue weighted by Crippen LogP contribution is 2.44. The van der Waals surface area contributed by atoms with Gasteiger partial charge in [0.2, 0.25) is 0 Å². The lowest BCUT2D eigenvalue weighted by molar-refractivity contribution is 0.126. The normalized spacial score (nSPS) is 18.0. The summed E-state index contributed by atoms with van der Waals surface area (Å²) in [6.07, 6.45) is -0.635. The molecular weight excluding hydrogens is 264 g/mol. The van der Waals surface area contributed by atoms with Gasteiger partial charge >= 0.3 is 0 Å². The van der Waals surface area contributed by atoms with Gasteiger partial charge in [0.05, 0.1) is 25.7 Å². The second-order valence-electron chi connectivity index (χ2n) is 5.60. The molecule has 2 atom stereocenters. The van der Waals surface area contributed by atoms with Gasteiger partial charge < -0.3 is 14.6 Å². The van der Waals surface area contributed by atoms with Crippen LogP contribution < -0.4 is 9.47 Å². The SMILES string of the molecule is COc1cc(C)cc(C)c1C(O)C1COc2ccccc21. The summed E-state index contributed by atoms with van der Waals surface area (Å²) in [4.78, 5) is 0. The Morgan fingerprint density at radius 3 is 2.76 bits per heavy atom. The topological polar surface area (TPSA) is 38.7 Å². The molecule has 2 aromatic rings. The fourth-order valence-electron chi connectivity index (χ4n) is 3.14. The van der Waals surface area contributed by atoms with Crippen LogP contribution in [0.25, 0.3) is 0 Å². The number of hydrogen-bond acceptors (Lipinski definition) is 3. The van der Waals surface area contributed by atoms with Crippen molar-refractivity contribution in [2.45, 2.75) is 25.9 Å². The van der Waals surface area contributed by atoms with Gasteiger partial charge in [-0.05, 0) is 37.1 Å². The third-order valence-corrected chi connectivity index (χ3v) is 4.13. The summed E-state index contributed by atoms with van der Waals surface area (Å²) in [7, 11) is 1.64. The Morgan fingerprint density at radius 1 is 1.24 bits per heavy atom. The van der Waals surface area contributed by atoms with Crippen molar-refractivity contribution in [3.05, 3.63) is 58.7 Å². The molecule has 2 unspecified atom stereocenters. The molecule has 0 bridgehead atoms. The Bertz CT molecular complexity index is 664. The molecule has 0 aromatic heterocycles. The van der Waals surface area contributed by atoms with Gasteiger partial charge in [0.25, 0.3) is 0 Å². The minimum Gasteiger partial charge on any atom is -0.496 e. The first kappa shape index (κ1) is 14.0. The van der Waals surface area contributed by atoms with Crippen LogP contribution in [0, 0.1) is 13.8 Å². The standard InChI is InChI=1S/C18H20O3/c1-11-8-12(2)17(16(9-11)20-3)18(19)14-10-21-15-7-5-4-6-13(14)15/h4-9,14,18-19H,10H2,1-3H3. The number of aliphatic hydroxyl groups is 1. The van der Waals surface area contributed by atoms with Crippen LogP contribution in [0.5, 0.6) is 11.5 Å². The third kappa shape index (κ3) is 2.38. The van der Waals surface area contributed by atoms with E-state index in [9.17, 15) is 5.11 Å². The minimum atomic E-state index is -0.635. The Kier molecular flexibility index (Phi) is 3.60. The van der Waals surface area contributed by atoms with Gasteiger partial charge in [-0.2, -0.15) is 0 Å². The van der Waals surface area contributed by atoms with Crippen LogP contribution in [0.4, 0.5) is 0 Å². The summed E-state index contributed by atoms with van der Waals surface area (Å²) in [5.74, 6) is 1.55. The van der Waals surface area contributed by atoms with Crippen molar-refractivity contribution in [2.75, 3.05) is 13.7 Å². The molecule has 1 N–H and O–H groups in total. The van der Waals surface area contributed by atoms with Crippen LogP contribution in [0.15, 0.2) is 36.4 Å². The zero-order chi connectivity index (χ0) is 15.0. The van der Waals surface area contributed by atoms with E-state index in [4.69, 9.17) is 9.47 Å². The van der Waals surface area contributed by atoms with Gasteiger partial charge in [0.15, 0.2) is 0 Å². The van der Waals surface area contributed by atoms with E-state index >= 15 is 0 Å². The van der Waals surface area contributed by atoms with Crippen LogP contribution >= 0.6 is 0 Å². The van der Waals surface area contributed by atoms with Crippen molar-refractivity contribution < 1.29 is 14.6 Å². The molecule has 0 saturated carbocycles. The van der Waals surface area contributed by atoms with Gasteiger partial charge in [0, 0.05) is 11.1 Å². The molecular formula is C18H20O3. The lowest BCUT2D eigenvalue weighted by Crippen LogP contribution is -2.14. The molecule has 3 nitrogen and oxygen atoms in total. The molecule has 0 amide bonds. The van der Waals surface area contributed by atoms with Gasteiger partial charge in [-0.3, -0.25) is 0 Å². The van der Waals surface area contributed by atoms with Crippen LogP contribution in [-0.4, -0.2) is 18.8 Å². The van der Waals surface area contributed by atoms with Crippen LogP contribution in [0.1, 0.15) is 34.3 Å². The van der Waals surface area contributed by atoms with E-state index in [1.807, 2.05) is 44.2 Å². The Labute approximate surface area is 125 Å². The molecule has 110 valence electrons. The van der Waals surface area contributed by atoms with E-state index in [0.717, 1.165) is 33.8 Å². The molecule has 1 heterocycles. The lowest BCUT2D eigenvalue weighted by Gasteiger charge is -2.22. The monoisotopic (exact) mass is 284 g/mol. The van der Waals surface area contributed by atoms with Crippen LogP contribution in [0.2, 0.25) is 0 Å². The number of ether oxygens (including phenoxy) is 2. The van der Waals surface area contributed by atoms with E-state index in [2.05, 4.69) is 6.07 Å². The molecule has 3 rings (SSSR count). The van der Waals surface area contributed by atoms with Crippen molar-refractivity contribution in [1.82, 2.24) is 0 Å². The molecule has 1 aliphatic rings. The largest absolute Gasteiger partial charge is 0.496 e. The summed E-state index contributed by atoms with van der Waals surface area (Å²) in [6, 6.07) is 11.9. The van der Waals surface area contributed by atoms with E-state index in [0.29, 0.717) is 6.61 Å². The minimum absolute atomic E-state index is 0.0588. The first-order chi connectivity index (χ1) is 10.1. The highest BCUT2D eigenvalue weighted by atomic mass is 16.5. The summed E-state index contributed by atoms with van der Waals surface area (Å²) in [5, 5.41) is 10.9. The first-order valence-corrected chi connectivity index (χ1v) is 7.16. The predicted molar refractivity (Wildman–Crippen MR) is 82.1 cm³/mol. The van der Waals surface area contributed by atoms with E-state index in [-0.39, 0.29) is 5.92 Å². The fraction of sp³-hybridized carbons (Fsp3) is 0.333. The van der Waals surface area contributed by atoms with Gasteiger partial charge in [-0.25, -0.2) is 0 Å². The number of benzene rings is 2. The zero-order valence-corrected chi connectivity index (χ0v) is 12.6. The Hall–Kier alpha value is -2.00. The first-order valence-electron chi connectivity index (χ1n) is 7.16. The molecule has 0 aliphatic carbocycles. The van der Waals surface area contributed by atoms with Crippen molar-refractivity contribution >= 4 is 0 Å². The Balaban J connectivity index is 2.02. The molecule has 0 spiro atoms. The second kappa shape index (κ2) is 5.41. The van der Waals surface area contributed by atoms with Gasteiger partial charge in [-0.15, -0.1) is 0 Å². The number of para-hydroxylation sites is 1. The van der Waals surface area contributed by atoms with E-state index < -0.39 is 6.10 Å². The predicted octanol–water partition coefficient (Wildman–Crippen LogP) is 3.52. The average molecular weight is 284 g/mol. The zero-order valence-electron chi connectivity index (χ0n) is 12.6. The molecule has 3 heteroatoms. The van der Waals surface area contributed by atoms with Crippen LogP contribution in [0.3, 0.4) is 0 Å². The van der Waals surface area contributed by atoms with Gasteiger partial charge in [-0.1, -0.05) is 24.3 Å². The molecule has 2 aromatic carbocycles. The van der Waals surface area contributed by atoms with Crippen molar-refractivity contribution in [3.8, 4) is 11.5 Å². The van der Waals surface area contributed by atoms with E-state index in [1.54, 1.807) is 7.11 Å². The number of fused-ring (bicyclic) bond motifs is 1. The smallest absolute Gasteiger partial charge is 0.125 e. The number of methoxy groups -OCH3 is 1. The molecule has 21 heavy (non-hydrogen) atoms. The number of aliphatic hydroxyl groups excluding tert-OH is 1. The molecule has 0 radical (unpaired) electrons. The summed E-state index contributed by atoms with van der Waals surface area (Å²) in [5.41, 5.74) is 4.09. The Morgan fingerprint density at radius 2 is 2.00 bits per heavy atom. The summed E-state index contributed by atoms with van der Waals surface area (Å²) in [6.45, 7) is 4.53. The molecule has 1 aliphatic heterocycles. The number of hydrogen-bond donors (Lipinski definition) is 1. The fourth-order valence-corrected chi connectivity index (χ4v) is 3.14. The second-order valence-corrected chi connectivity index (χ2v) is 5.60. The maximum atomic E-state index is 10.9. The highest BCUT2D eigenvalue weighted by molar-refractivity contribution is 5.48. The maximum Gasteiger partial charge on any atom is 0.125 e. The molecule has 0 fully saturated rings. The average Bonchev–Trinajstić information content (AvgIpc) is 2.89. The third-order valence-electron chi connectivity index (χ3n) is 4.13. The van der Waals surface area contributed by atoms with Crippen LogP contribution in [-0.2, 0) is 0 Å². The van der Waals surface area contributed by atoms with Crippen molar-refractivity contribution in [2.24, 2.45) is 0 Å². The van der Waals surface area contributed by atoms with Crippen molar-refractivity contribution in [1.29, 1.82) is 0 Å². The number of rotatable bonds is 3.